The van der Waals surface area contributed by atoms with E-state index in [1.807, 2.05) is 0 Å². The van der Waals surface area contributed by atoms with Gasteiger partial charge in [-0.1, -0.05) is 6.92 Å². The molecule has 0 heterocycles. The Bertz CT molecular complexity index is 189. The molecule has 0 radical (unpaired) electrons. The van der Waals surface area contributed by atoms with E-state index in [-0.39, 0.29) is 0 Å². The molecular formula is C11H21NO. The van der Waals surface area contributed by atoms with Crippen LogP contribution in [-0.2, 0) is 4.79 Å². The van der Waals surface area contributed by atoms with Crippen LogP contribution in [0.4, 0.5) is 0 Å². The van der Waals surface area contributed by atoms with Crippen molar-refractivity contribution in [1.82, 2.24) is 4.90 Å². The maximum atomic E-state index is 11.4. The second kappa shape index (κ2) is 4.23. The Labute approximate surface area is 81.3 Å². The quantitative estimate of drug-likeness (QED) is 0.665. The molecular weight excluding hydrogens is 162 g/mol. The number of hydrogen-bond acceptors (Lipinski definition) is 2. The van der Waals surface area contributed by atoms with Crippen LogP contribution in [0, 0.1) is 17.8 Å². The minimum absolute atomic E-state index is 0.331. The minimum atomic E-state index is 0.331. The number of hydrogen-bond donors (Lipinski definition) is 0. The van der Waals surface area contributed by atoms with Gasteiger partial charge in [-0.25, -0.2) is 0 Å². The molecule has 1 rings (SSSR count). The third kappa shape index (κ3) is 2.53. The third-order valence-electron chi connectivity index (χ3n) is 3.28. The molecule has 13 heavy (non-hydrogen) atoms. The van der Waals surface area contributed by atoms with Crippen LogP contribution in [0.25, 0.3) is 0 Å². The van der Waals surface area contributed by atoms with E-state index >= 15 is 0 Å². The highest BCUT2D eigenvalue weighted by atomic mass is 16.1. The number of rotatable bonds is 3. The molecule has 0 spiro atoms. The molecule has 0 N–H and O–H groups in total. The Morgan fingerprint density at radius 2 is 2.00 bits per heavy atom. The average Bonchev–Trinajstić information content (AvgIpc) is 2.32. The molecule has 1 fully saturated rings. The topological polar surface area (TPSA) is 20.3 Å². The van der Waals surface area contributed by atoms with Crippen molar-refractivity contribution in [1.29, 1.82) is 0 Å². The van der Waals surface area contributed by atoms with Crippen molar-refractivity contribution in [2.75, 3.05) is 20.6 Å². The maximum absolute atomic E-state index is 11.4. The first kappa shape index (κ1) is 10.7. The molecule has 1 aliphatic rings. The number of carbonyl (C=O) groups is 1. The lowest BCUT2D eigenvalue weighted by Crippen LogP contribution is -2.30. The van der Waals surface area contributed by atoms with Crippen LogP contribution in [0.15, 0.2) is 0 Å². The number of carbonyl (C=O) groups excluding carboxylic acids is 1. The summed E-state index contributed by atoms with van der Waals surface area (Å²) in [4.78, 5) is 13.6. The first-order valence-electron chi connectivity index (χ1n) is 5.17. The van der Waals surface area contributed by atoms with Gasteiger partial charge in [-0.3, -0.25) is 4.79 Å². The molecule has 0 aromatic carbocycles. The molecule has 0 amide bonds. The van der Waals surface area contributed by atoms with E-state index in [0.717, 1.165) is 18.9 Å². The van der Waals surface area contributed by atoms with E-state index in [1.165, 1.54) is 6.42 Å². The van der Waals surface area contributed by atoms with Gasteiger partial charge in [0.2, 0.25) is 0 Å². The van der Waals surface area contributed by atoms with Crippen molar-refractivity contribution in [3.63, 3.8) is 0 Å². The van der Waals surface area contributed by atoms with Gasteiger partial charge >= 0.3 is 0 Å². The lowest BCUT2D eigenvalue weighted by Gasteiger charge is -2.24. The fourth-order valence-corrected chi connectivity index (χ4v) is 2.50. The molecule has 0 saturated heterocycles. The summed E-state index contributed by atoms with van der Waals surface area (Å²) in [6, 6.07) is 0. The lowest BCUT2D eigenvalue weighted by molar-refractivity contribution is -0.122. The van der Waals surface area contributed by atoms with Gasteiger partial charge in [-0.2, -0.15) is 0 Å². The second-order valence-electron chi connectivity index (χ2n) is 4.70. The van der Waals surface area contributed by atoms with E-state index in [0.29, 0.717) is 17.6 Å². The molecule has 2 heteroatoms. The van der Waals surface area contributed by atoms with E-state index in [2.05, 4.69) is 25.9 Å². The Morgan fingerprint density at radius 3 is 2.46 bits per heavy atom. The monoisotopic (exact) mass is 183 g/mol. The summed E-state index contributed by atoms with van der Waals surface area (Å²) in [6.07, 6.45) is 2.33. The standard InChI is InChI=1S/C11H21NO/c1-8-5-6-10(9(2)13)11(8)7-12(3)4/h8,10-11H,5-7H2,1-4H3. The number of nitrogens with zero attached hydrogens (tertiary/aromatic N) is 1. The zero-order valence-corrected chi connectivity index (χ0v) is 9.21. The van der Waals surface area contributed by atoms with Gasteiger partial charge in [0.1, 0.15) is 5.78 Å². The molecule has 3 atom stereocenters. The van der Waals surface area contributed by atoms with Crippen LogP contribution in [0.3, 0.4) is 0 Å². The Hall–Kier alpha value is -0.370. The second-order valence-corrected chi connectivity index (χ2v) is 4.70. The summed E-state index contributed by atoms with van der Waals surface area (Å²) in [5.41, 5.74) is 0. The third-order valence-corrected chi connectivity index (χ3v) is 3.28. The first-order chi connectivity index (χ1) is 6.02. The Morgan fingerprint density at radius 1 is 1.38 bits per heavy atom. The minimum Gasteiger partial charge on any atom is -0.309 e. The maximum Gasteiger partial charge on any atom is 0.133 e. The van der Waals surface area contributed by atoms with Gasteiger partial charge in [0.15, 0.2) is 0 Å². The summed E-state index contributed by atoms with van der Waals surface area (Å²) in [7, 11) is 4.17. The molecule has 0 bridgehead atoms. The molecule has 3 unspecified atom stereocenters. The fourth-order valence-electron chi connectivity index (χ4n) is 2.50. The molecule has 0 aliphatic heterocycles. The van der Waals surface area contributed by atoms with Gasteiger partial charge in [0.25, 0.3) is 0 Å². The zero-order chi connectivity index (χ0) is 10.0. The average molecular weight is 183 g/mol. The van der Waals surface area contributed by atoms with Crippen LogP contribution in [0.5, 0.6) is 0 Å². The van der Waals surface area contributed by atoms with Crippen molar-refractivity contribution >= 4 is 5.78 Å². The summed E-state index contributed by atoms with van der Waals surface area (Å²) in [6.45, 7) is 5.08. The lowest BCUT2D eigenvalue weighted by atomic mass is 9.88. The SMILES string of the molecule is CC(=O)C1CCC(C)C1CN(C)C. The summed E-state index contributed by atoms with van der Waals surface area (Å²) >= 11 is 0. The molecule has 1 saturated carbocycles. The predicted octanol–water partition coefficient (Wildman–Crippen LogP) is 1.80. The van der Waals surface area contributed by atoms with Gasteiger partial charge in [0.05, 0.1) is 0 Å². The highest BCUT2D eigenvalue weighted by Gasteiger charge is 2.35. The van der Waals surface area contributed by atoms with Gasteiger partial charge in [-0.05, 0) is 45.7 Å². The molecule has 1 aliphatic carbocycles. The van der Waals surface area contributed by atoms with Crippen LogP contribution < -0.4 is 0 Å². The fraction of sp³-hybridized carbons (Fsp3) is 0.909. The summed E-state index contributed by atoms with van der Waals surface area (Å²) < 4.78 is 0. The zero-order valence-electron chi connectivity index (χ0n) is 9.21. The van der Waals surface area contributed by atoms with Crippen LogP contribution in [0.1, 0.15) is 26.7 Å². The van der Waals surface area contributed by atoms with E-state index < -0.39 is 0 Å². The summed E-state index contributed by atoms with van der Waals surface area (Å²) in [5.74, 6) is 2.03. The molecule has 0 aromatic heterocycles. The highest BCUT2D eigenvalue weighted by Crippen LogP contribution is 2.37. The van der Waals surface area contributed by atoms with Crippen molar-refractivity contribution in [3.8, 4) is 0 Å². The predicted molar refractivity (Wildman–Crippen MR) is 54.6 cm³/mol. The van der Waals surface area contributed by atoms with Gasteiger partial charge in [0, 0.05) is 12.5 Å². The smallest absolute Gasteiger partial charge is 0.133 e. The van der Waals surface area contributed by atoms with Crippen molar-refractivity contribution in [2.45, 2.75) is 26.7 Å². The highest BCUT2D eigenvalue weighted by molar-refractivity contribution is 5.78. The van der Waals surface area contributed by atoms with Crippen molar-refractivity contribution < 1.29 is 4.79 Å². The van der Waals surface area contributed by atoms with Gasteiger partial charge in [-0.15, -0.1) is 0 Å². The van der Waals surface area contributed by atoms with Crippen LogP contribution in [-0.4, -0.2) is 31.3 Å². The van der Waals surface area contributed by atoms with Gasteiger partial charge < -0.3 is 4.90 Å². The summed E-state index contributed by atoms with van der Waals surface area (Å²) in [5, 5.41) is 0. The Kier molecular flexibility index (Phi) is 3.48. The van der Waals surface area contributed by atoms with E-state index in [1.54, 1.807) is 6.92 Å². The molecule has 0 aromatic rings. The molecule has 76 valence electrons. The number of ketones is 1. The van der Waals surface area contributed by atoms with Crippen LogP contribution >= 0.6 is 0 Å². The van der Waals surface area contributed by atoms with E-state index in [4.69, 9.17) is 0 Å². The normalized spacial score (nSPS) is 34.1. The Balaban J connectivity index is 2.60. The molecule has 2 nitrogen and oxygen atoms in total. The van der Waals surface area contributed by atoms with Crippen molar-refractivity contribution in [3.05, 3.63) is 0 Å². The van der Waals surface area contributed by atoms with Crippen molar-refractivity contribution in [2.24, 2.45) is 17.8 Å². The largest absolute Gasteiger partial charge is 0.309 e. The number of Topliss-reactive ketones (excluding diaryl/α,β-unsaturated/α-hetero) is 1. The first-order valence-corrected chi connectivity index (χ1v) is 5.17. The van der Waals surface area contributed by atoms with Crippen LogP contribution in [0.2, 0.25) is 0 Å². The van der Waals surface area contributed by atoms with E-state index in [9.17, 15) is 4.79 Å².